The molecule has 0 aromatic carbocycles. The van der Waals surface area contributed by atoms with Gasteiger partial charge in [-0.15, -0.1) is 0 Å². The van der Waals surface area contributed by atoms with E-state index < -0.39 is 0 Å². The molecule has 0 spiro atoms. The van der Waals surface area contributed by atoms with Gasteiger partial charge < -0.3 is 5.32 Å². The summed E-state index contributed by atoms with van der Waals surface area (Å²) in [6.45, 7) is 13.8. The van der Waals surface area contributed by atoms with Crippen LogP contribution >= 0.6 is 0 Å². The largest absolute Gasteiger partial charge is 0.311 e. The van der Waals surface area contributed by atoms with E-state index >= 15 is 0 Å². The molecule has 1 N–H and O–H groups in total. The average molecular weight is 155 g/mol. The van der Waals surface area contributed by atoms with E-state index in [9.17, 15) is 0 Å². The first-order valence-electron chi connectivity index (χ1n) is 4.55. The third-order valence-electron chi connectivity index (χ3n) is 2.31. The monoisotopic (exact) mass is 155 g/mol. The quantitative estimate of drug-likeness (QED) is 0.602. The number of nitrogens with one attached hydrogen (secondary N) is 1. The summed E-state index contributed by atoms with van der Waals surface area (Å²) in [5.74, 6) is 0.643. The van der Waals surface area contributed by atoms with E-state index in [1.807, 2.05) is 0 Å². The highest BCUT2D eigenvalue weighted by molar-refractivity contribution is 5.06. The highest BCUT2D eigenvalue weighted by atomic mass is 14.9. The highest BCUT2D eigenvalue weighted by Gasteiger charge is 2.09. The van der Waals surface area contributed by atoms with Gasteiger partial charge in [0.15, 0.2) is 0 Å². The smallest absolute Gasteiger partial charge is 0.0250 e. The van der Waals surface area contributed by atoms with E-state index in [2.05, 4.69) is 39.6 Å². The fourth-order valence-electron chi connectivity index (χ4n) is 1.13. The van der Waals surface area contributed by atoms with Gasteiger partial charge in [0.25, 0.3) is 0 Å². The number of hydrogen-bond donors (Lipinski definition) is 1. The molecule has 0 aromatic rings. The molecule has 1 heteroatoms. The van der Waals surface area contributed by atoms with Gasteiger partial charge >= 0.3 is 0 Å². The third-order valence-corrected chi connectivity index (χ3v) is 2.31. The van der Waals surface area contributed by atoms with Gasteiger partial charge in [0.05, 0.1) is 0 Å². The second-order valence-electron chi connectivity index (χ2n) is 3.16. The fourth-order valence-corrected chi connectivity index (χ4v) is 1.13. The van der Waals surface area contributed by atoms with Gasteiger partial charge in [-0.25, -0.2) is 0 Å². The van der Waals surface area contributed by atoms with Crippen LogP contribution in [0.25, 0.3) is 0 Å². The normalized spacial score (nSPS) is 16.0. The summed E-state index contributed by atoms with van der Waals surface area (Å²) in [7, 11) is 0. The molecule has 0 aliphatic carbocycles. The van der Waals surface area contributed by atoms with Crippen LogP contribution in [0.15, 0.2) is 12.2 Å². The van der Waals surface area contributed by atoms with Gasteiger partial charge in [-0.3, -0.25) is 0 Å². The maximum atomic E-state index is 4.08. The van der Waals surface area contributed by atoms with Crippen molar-refractivity contribution in [3.63, 3.8) is 0 Å². The molecule has 0 aromatic heterocycles. The third kappa shape index (κ3) is 3.57. The molecular formula is C10H21N. The Balaban J connectivity index is 3.81. The second kappa shape index (κ2) is 5.36. The summed E-state index contributed by atoms with van der Waals surface area (Å²) in [5, 5.41) is 3.36. The first-order chi connectivity index (χ1) is 5.13. The lowest BCUT2D eigenvalue weighted by molar-refractivity contribution is 0.540. The molecule has 0 heterocycles. The number of rotatable bonds is 5. The van der Waals surface area contributed by atoms with Crippen molar-refractivity contribution in [2.45, 2.75) is 40.2 Å². The van der Waals surface area contributed by atoms with Gasteiger partial charge in [0, 0.05) is 6.04 Å². The van der Waals surface area contributed by atoms with E-state index in [1.54, 1.807) is 0 Å². The first kappa shape index (κ1) is 10.7. The minimum Gasteiger partial charge on any atom is -0.311 e. The molecule has 0 aliphatic heterocycles. The van der Waals surface area contributed by atoms with Crippen molar-refractivity contribution in [3.05, 3.63) is 12.2 Å². The maximum Gasteiger partial charge on any atom is 0.0250 e. The molecule has 0 saturated carbocycles. The van der Waals surface area contributed by atoms with Crippen LogP contribution < -0.4 is 5.32 Å². The first-order valence-corrected chi connectivity index (χ1v) is 4.55. The predicted molar refractivity (Wildman–Crippen MR) is 51.7 cm³/mol. The summed E-state index contributed by atoms with van der Waals surface area (Å²) in [4.78, 5) is 0. The molecule has 0 aliphatic rings. The Hall–Kier alpha value is -0.300. The number of hydrogen-bond acceptors (Lipinski definition) is 1. The van der Waals surface area contributed by atoms with Crippen LogP contribution in [0, 0.1) is 5.92 Å². The van der Waals surface area contributed by atoms with Crippen LogP contribution in [0.2, 0.25) is 0 Å². The summed E-state index contributed by atoms with van der Waals surface area (Å²) in [5.41, 5.74) is 1.33. The Kier molecular flexibility index (Phi) is 5.22. The van der Waals surface area contributed by atoms with Crippen molar-refractivity contribution in [2.75, 3.05) is 6.54 Å². The van der Waals surface area contributed by atoms with Crippen LogP contribution in [0.1, 0.15) is 34.1 Å². The van der Waals surface area contributed by atoms with E-state index in [-0.39, 0.29) is 0 Å². The molecule has 11 heavy (non-hydrogen) atoms. The van der Waals surface area contributed by atoms with Crippen LogP contribution in [0.3, 0.4) is 0 Å². The van der Waals surface area contributed by atoms with Crippen molar-refractivity contribution >= 4 is 0 Å². The Morgan fingerprint density at radius 2 is 1.91 bits per heavy atom. The Morgan fingerprint density at radius 1 is 1.36 bits per heavy atom. The zero-order valence-electron chi connectivity index (χ0n) is 8.28. The zero-order chi connectivity index (χ0) is 8.85. The number of likely N-dealkylation sites (N-methyl/N-ethyl adjacent to an activating group) is 1. The molecule has 0 saturated heterocycles. The van der Waals surface area contributed by atoms with E-state index in [1.165, 1.54) is 12.0 Å². The van der Waals surface area contributed by atoms with E-state index in [0.717, 1.165) is 6.54 Å². The fraction of sp³-hybridized carbons (Fsp3) is 0.800. The molecule has 2 atom stereocenters. The van der Waals surface area contributed by atoms with Crippen molar-refractivity contribution < 1.29 is 0 Å². The zero-order valence-corrected chi connectivity index (χ0v) is 8.28. The second-order valence-corrected chi connectivity index (χ2v) is 3.16. The average Bonchev–Trinajstić information content (AvgIpc) is 2.02. The summed E-state index contributed by atoms with van der Waals surface area (Å²) < 4.78 is 0. The molecular weight excluding hydrogens is 134 g/mol. The van der Waals surface area contributed by atoms with Crippen molar-refractivity contribution in [2.24, 2.45) is 5.92 Å². The van der Waals surface area contributed by atoms with Gasteiger partial charge in [-0.05, 0) is 25.8 Å². The maximum absolute atomic E-state index is 4.08. The standard InChI is InChI=1S/C10H21N/c1-6-8(3)9(4)10(5)11-7-2/h8,10-11H,4,6-7H2,1-3,5H3. The van der Waals surface area contributed by atoms with Crippen molar-refractivity contribution in [3.8, 4) is 0 Å². The lowest BCUT2D eigenvalue weighted by atomic mass is 9.95. The van der Waals surface area contributed by atoms with Crippen molar-refractivity contribution in [1.29, 1.82) is 0 Å². The summed E-state index contributed by atoms with van der Waals surface area (Å²) in [6, 6.07) is 0.468. The molecule has 0 radical (unpaired) electrons. The van der Waals surface area contributed by atoms with Crippen LogP contribution in [-0.2, 0) is 0 Å². The summed E-state index contributed by atoms with van der Waals surface area (Å²) >= 11 is 0. The predicted octanol–water partition coefficient (Wildman–Crippen LogP) is 2.59. The Labute approximate surface area is 70.9 Å². The lowest BCUT2D eigenvalue weighted by Crippen LogP contribution is -2.29. The minimum atomic E-state index is 0.468. The minimum absolute atomic E-state index is 0.468. The van der Waals surface area contributed by atoms with Crippen LogP contribution in [0.4, 0.5) is 0 Å². The van der Waals surface area contributed by atoms with Crippen LogP contribution in [0.5, 0.6) is 0 Å². The molecule has 2 unspecified atom stereocenters. The van der Waals surface area contributed by atoms with E-state index in [0.29, 0.717) is 12.0 Å². The van der Waals surface area contributed by atoms with Gasteiger partial charge in [0.1, 0.15) is 0 Å². The Morgan fingerprint density at radius 3 is 2.27 bits per heavy atom. The SMILES string of the molecule is C=C(C(C)CC)C(C)NCC. The molecule has 0 rings (SSSR count). The van der Waals surface area contributed by atoms with Gasteiger partial charge in [-0.2, -0.15) is 0 Å². The van der Waals surface area contributed by atoms with Crippen LogP contribution in [-0.4, -0.2) is 12.6 Å². The van der Waals surface area contributed by atoms with Gasteiger partial charge in [-0.1, -0.05) is 32.9 Å². The highest BCUT2D eigenvalue weighted by Crippen LogP contribution is 2.15. The summed E-state index contributed by atoms with van der Waals surface area (Å²) in [6.07, 6.45) is 1.19. The Bertz CT molecular complexity index is 118. The molecule has 66 valence electrons. The molecule has 0 amide bonds. The van der Waals surface area contributed by atoms with Crippen molar-refractivity contribution in [1.82, 2.24) is 5.32 Å². The van der Waals surface area contributed by atoms with E-state index in [4.69, 9.17) is 0 Å². The molecule has 0 bridgehead atoms. The molecule has 1 nitrogen and oxygen atoms in total. The lowest BCUT2D eigenvalue weighted by Gasteiger charge is -2.20. The molecule has 0 fully saturated rings. The van der Waals surface area contributed by atoms with Gasteiger partial charge in [0.2, 0.25) is 0 Å². The topological polar surface area (TPSA) is 12.0 Å².